The fourth-order valence-electron chi connectivity index (χ4n) is 4.13. The van der Waals surface area contributed by atoms with Gasteiger partial charge in [-0.25, -0.2) is 12.8 Å². The van der Waals surface area contributed by atoms with Crippen LogP contribution in [0, 0.1) is 12.7 Å². The van der Waals surface area contributed by atoms with Crippen LogP contribution >= 0.6 is 0 Å². The molecule has 0 saturated carbocycles. The average Bonchev–Trinajstić information content (AvgIpc) is 3.36. The number of nitrogens with one attached hydrogen (secondary N) is 2. The molecule has 6 nitrogen and oxygen atoms in total. The summed E-state index contributed by atoms with van der Waals surface area (Å²) in [5.41, 5.74) is 3.37. The molecule has 0 radical (unpaired) electrons. The average molecular weight is 482 g/mol. The van der Waals surface area contributed by atoms with E-state index < -0.39 is 32.7 Å². The molecule has 1 aliphatic heterocycles. The highest BCUT2D eigenvalue weighted by Gasteiger charge is 2.28. The molecule has 1 heterocycles. The van der Waals surface area contributed by atoms with Crippen molar-refractivity contribution in [3.63, 3.8) is 0 Å². The number of amides is 1. The Bertz CT molecular complexity index is 1260. The summed E-state index contributed by atoms with van der Waals surface area (Å²) in [5.74, 6) is -1.39. The Balaban J connectivity index is 1.57. The lowest BCUT2D eigenvalue weighted by Crippen LogP contribution is -2.45. The fraction of sp³-hybridized carbons (Fsp3) is 0.269. The maximum atomic E-state index is 14.2. The zero-order valence-corrected chi connectivity index (χ0v) is 19.8. The third-order valence-electron chi connectivity index (χ3n) is 5.96. The van der Waals surface area contributed by atoms with E-state index in [1.165, 1.54) is 31.0 Å². The first-order valence-electron chi connectivity index (χ1n) is 11.3. The van der Waals surface area contributed by atoms with Gasteiger partial charge in [0, 0.05) is 24.5 Å². The summed E-state index contributed by atoms with van der Waals surface area (Å²) in [6.45, 7) is 3.94. The van der Waals surface area contributed by atoms with Gasteiger partial charge >= 0.3 is 0 Å². The number of sulfonamides is 1. The summed E-state index contributed by atoms with van der Waals surface area (Å²) in [5, 5.41) is 2.86. The van der Waals surface area contributed by atoms with Crippen LogP contribution in [-0.2, 0) is 21.2 Å². The first-order valence-corrected chi connectivity index (χ1v) is 12.8. The van der Waals surface area contributed by atoms with Crippen LogP contribution in [0.2, 0.25) is 0 Å². The van der Waals surface area contributed by atoms with Crippen LogP contribution in [-0.4, -0.2) is 33.5 Å². The van der Waals surface area contributed by atoms with Gasteiger partial charge in [-0.15, -0.1) is 0 Å². The zero-order chi connectivity index (χ0) is 24.1. The number of anilines is 2. The van der Waals surface area contributed by atoms with Gasteiger partial charge in [0.25, 0.3) is 0 Å². The SMILES string of the molecule is Cc1cc(N2CCCC2)ccc1NC(=O)[C@H](Cc1ccccc1)NS(=O)(=O)c1ccccc1F. The van der Waals surface area contributed by atoms with E-state index in [9.17, 15) is 17.6 Å². The summed E-state index contributed by atoms with van der Waals surface area (Å²) >= 11 is 0. The monoisotopic (exact) mass is 481 g/mol. The van der Waals surface area contributed by atoms with Crippen molar-refractivity contribution in [1.29, 1.82) is 0 Å². The van der Waals surface area contributed by atoms with Crippen LogP contribution < -0.4 is 14.9 Å². The van der Waals surface area contributed by atoms with Crippen molar-refractivity contribution < 1.29 is 17.6 Å². The Morgan fingerprint density at radius 3 is 2.35 bits per heavy atom. The predicted octanol–water partition coefficient (Wildman–Crippen LogP) is 4.26. The standard InChI is InChI=1S/C26H28FN3O3S/c1-19-17-21(30-15-7-8-16-30)13-14-23(19)28-26(31)24(18-20-9-3-2-4-10-20)29-34(32,33)25-12-6-5-11-22(25)27/h2-6,9-14,17,24,29H,7-8,15-16,18H2,1H3,(H,28,31)/t24-/m0/s1. The van der Waals surface area contributed by atoms with E-state index in [1.807, 2.05) is 55.5 Å². The number of aryl methyl sites for hydroxylation is 1. The van der Waals surface area contributed by atoms with Gasteiger partial charge in [0.2, 0.25) is 15.9 Å². The molecule has 8 heteroatoms. The van der Waals surface area contributed by atoms with Gasteiger partial charge < -0.3 is 10.2 Å². The van der Waals surface area contributed by atoms with Crippen molar-refractivity contribution in [2.24, 2.45) is 0 Å². The third-order valence-corrected chi connectivity index (χ3v) is 7.47. The number of nitrogens with zero attached hydrogens (tertiary/aromatic N) is 1. The largest absolute Gasteiger partial charge is 0.372 e. The molecule has 1 atom stereocenters. The highest BCUT2D eigenvalue weighted by Crippen LogP contribution is 2.26. The minimum absolute atomic E-state index is 0.116. The van der Waals surface area contributed by atoms with Gasteiger partial charge in [-0.2, -0.15) is 4.72 Å². The Kier molecular flexibility index (Phi) is 7.29. The molecular weight excluding hydrogens is 453 g/mol. The highest BCUT2D eigenvalue weighted by molar-refractivity contribution is 7.89. The molecule has 0 spiro atoms. The third kappa shape index (κ3) is 5.63. The fourth-order valence-corrected chi connectivity index (χ4v) is 5.41. The van der Waals surface area contributed by atoms with Crippen LogP contribution in [0.3, 0.4) is 0 Å². The molecule has 1 fully saturated rings. The molecule has 0 unspecified atom stereocenters. The summed E-state index contributed by atoms with van der Waals surface area (Å²) in [4.78, 5) is 15.1. The topological polar surface area (TPSA) is 78.5 Å². The smallest absolute Gasteiger partial charge is 0.244 e. The van der Waals surface area contributed by atoms with Crippen molar-refractivity contribution in [3.05, 3.63) is 89.7 Å². The molecule has 0 aromatic heterocycles. The van der Waals surface area contributed by atoms with Crippen molar-refractivity contribution >= 4 is 27.3 Å². The second kappa shape index (κ2) is 10.4. The number of benzene rings is 3. The lowest BCUT2D eigenvalue weighted by molar-refractivity contribution is -0.117. The number of carbonyl (C=O) groups excluding carboxylic acids is 1. The lowest BCUT2D eigenvalue weighted by atomic mass is 10.1. The quantitative estimate of drug-likeness (QED) is 0.504. The van der Waals surface area contributed by atoms with E-state index in [4.69, 9.17) is 0 Å². The van der Waals surface area contributed by atoms with Crippen LogP contribution in [0.4, 0.5) is 15.8 Å². The Hall–Kier alpha value is -3.23. The zero-order valence-electron chi connectivity index (χ0n) is 19.0. The molecule has 3 aromatic rings. The van der Waals surface area contributed by atoms with Crippen molar-refractivity contribution in [2.45, 2.75) is 37.1 Å². The summed E-state index contributed by atoms with van der Waals surface area (Å²) in [7, 11) is -4.27. The molecule has 1 saturated heterocycles. The number of hydrogen-bond donors (Lipinski definition) is 2. The number of halogens is 1. The molecule has 0 aliphatic carbocycles. The maximum absolute atomic E-state index is 14.2. The summed E-state index contributed by atoms with van der Waals surface area (Å²) < 4.78 is 42.5. The Labute approximate surface area is 199 Å². The van der Waals surface area contributed by atoms with E-state index in [1.54, 1.807) is 0 Å². The van der Waals surface area contributed by atoms with Crippen molar-refractivity contribution in [3.8, 4) is 0 Å². The molecule has 34 heavy (non-hydrogen) atoms. The lowest BCUT2D eigenvalue weighted by Gasteiger charge is -2.21. The normalized spacial score (nSPS) is 14.7. The molecule has 3 aromatic carbocycles. The molecule has 1 aliphatic rings. The van der Waals surface area contributed by atoms with E-state index in [2.05, 4.69) is 14.9 Å². The van der Waals surface area contributed by atoms with Crippen molar-refractivity contribution in [1.82, 2.24) is 4.72 Å². The van der Waals surface area contributed by atoms with Crippen LogP contribution in [0.25, 0.3) is 0 Å². The highest BCUT2D eigenvalue weighted by atomic mass is 32.2. The molecule has 0 bridgehead atoms. The van der Waals surface area contributed by atoms with Gasteiger partial charge in [-0.1, -0.05) is 42.5 Å². The Morgan fingerprint density at radius 1 is 1.00 bits per heavy atom. The molecular formula is C26H28FN3O3S. The molecule has 178 valence electrons. The number of hydrogen-bond acceptors (Lipinski definition) is 4. The minimum atomic E-state index is -4.27. The van der Waals surface area contributed by atoms with E-state index >= 15 is 0 Å². The number of rotatable bonds is 8. The summed E-state index contributed by atoms with van der Waals surface area (Å²) in [6.07, 6.45) is 2.45. The second-order valence-corrected chi connectivity index (χ2v) is 10.2. The first-order chi connectivity index (χ1) is 16.3. The number of carbonyl (C=O) groups is 1. The Morgan fingerprint density at radius 2 is 1.68 bits per heavy atom. The minimum Gasteiger partial charge on any atom is -0.372 e. The maximum Gasteiger partial charge on any atom is 0.244 e. The second-order valence-electron chi connectivity index (χ2n) is 8.48. The van der Waals surface area contributed by atoms with Gasteiger partial charge in [-0.05, 0) is 67.6 Å². The first kappa shape index (κ1) is 23.9. The molecule has 4 rings (SSSR count). The van der Waals surface area contributed by atoms with Crippen LogP contribution in [0.15, 0.2) is 77.7 Å². The van der Waals surface area contributed by atoms with E-state index in [-0.39, 0.29) is 6.42 Å². The van der Waals surface area contributed by atoms with Gasteiger partial charge in [0.1, 0.15) is 16.8 Å². The van der Waals surface area contributed by atoms with Crippen LogP contribution in [0.5, 0.6) is 0 Å². The van der Waals surface area contributed by atoms with Crippen molar-refractivity contribution in [2.75, 3.05) is 23.3 Å². The van der Waals surface area contributed by atoms with E-state index in [0.717, 1.165) is 36.0 Å². The predicted molar refractivity (Wildman–Crippen MR) is 132 cm³/mol. The molecule has 2 N–H and O–H groups in total. The van der Waals surface area contributed by atoms with E-state index in [0.29, 0.717) is 5.69 Å². The van der Waals surface area contributed by atoms with Gasteiger partial charge in [0.05, 0.1) is 0 Å². The molecule has 1 amide bonds. The van der Waals surface area contributed by atoms with Gasteiger partial charge in [0.15, 0.2) is 0 Å². The van der Waals surface area contributed by atoms with Gasteiger partial charge in [-0.3, -0.25) is 4.79 Å². The summed E-state index contributed by atoms with van der Waals surface area (Å²) in [6, 6.07) is 18.9. The van der Waals surface area contributed by atoms with Crippen LogP contribution in [0.1, 0.15) is 24.0 Å².